The fourth-order valence-corrected chi connectivity index (χ4v) is 2.53. The summed E-state index contributed by atoms with van der Waals surface area (Å²) >= 11 is 0. The van der Waals surface area contributed by atoms with E-state index in [1.54, 1.807) is 0 Å². The van der Waals surface area contributed by atoms with Crippen molar-refractivity contribution in [3.05, 3.63) is 54.1 Å². The highest BCUT2D eigenvalue weighted by atomic mass is 15.0. The third-order valence-corrected chi connectivity index (χ3v) is 3.84. The van der Waals surface area contributed by atoms with E-state index in [1.165, 1.54) is 5.56 Å². The van der Waals surface area contributed by atoms with Gasteiger partial charge in [-0.15, -0.1) is 0 Å². The van der Waals surface area contributed by atoms with Crippen molar-refractivity contribution in [2.75, 3.05) is 13.1 Å². The van der Waals surface area contributed by atoms with Crippen LogP contribution in [-0.2, 0) is 13.5 Å². The molecule has 2 rings (SSSR count). The molecule has 0 aliphatic rings. The molecule has 1 N–H and O–H groups in total. The Morgan fingerprint density at radius 1 is 1.20 bits per heavy atom. The van der Waals surface area contributed by atoms with Crippen LogP contribution in [0.25, 0.3) is 0 Å². The predicted molar refractivity (Wildman–Crippen MR) is 83.8 cm³/mol. The molecular weight excluding hydrogens is 246 g/mol. The van der Waals surface area contributed by atoms with Crippen molar-refractivity contribution in [3.63, 3.8) is 0 Å². The lowest BCUT2D eigenvalue weighted by Gasteiger charge is -2.22. The van der Waals surface area contributed by atoms with Crippen molar-refractivity contribution in [1.29, 1.82) is 0 Å². The molecule has 0 amide bonds. The Morgan fingerprint density at radius 2 is 1.95 bits per heavy atom. The zero-order valence-corrected chi connectivity index (χ0v) is 12.7. The third kappa shape index (κ3) is 3.94. The molecule has 1 aromatic heterocycles. The maximum atomic E-state index is 4.35. The first kappa shape index (κ1) is 14.8. The standard InChI is InChI=1S/C17H25N3/c1-14(2)16(15-7-5-4-6-8-15)13-18-10-9-17-19-11-12-20(17)3/h4-8,11-12,14,16,18H,9-10,13H2,1-3H3. The first-order valence-electron chi connectivity index (χ1n) is 7.40. The van der Waals surface area contributed by atoms with E-state index in [2.05, 4.69) is 59.0 Å². The lowest BCUT2D eigenvalue weighted by atomic mass is 9.88. The quantitative estimate of drug-likeness (QED) is 0.785. The van der Waals surface area contributed by atoms with Crippen molar-refractivity contribution in [2.45, 2.75) is 26.2 Å². The molecule has 3 nitrogen and oxygen atoms in total. The molecule has 0 aliphatic heterocycles. The second kappa shape index (κ2) is 7.25. The van der Waals surface area contributed by atoms with Crippen LogP contribution in [0.4, 0.5) is 0 Å². The SMILES string of the molecule is CC(C)C(CNCCc1nccn1C)c1ccccc1. The summed E-state index contributed by atoms with van der Waals surface area (Å²) < 4.78 is 2.08. The molecule has 1 heterocycles. The average Bonchev–Trinajstić information content (AvgIpc) is 2.85. The van der Waals surface area contributed by atoms with Crippen LogP contribution < -0.4 is 5.32 Å². The Hall–Kier alpha value is -1.61. The molecule has 3 heteroatoms. The first-order valence-corrected chi connectivity index (χ1v) is 7.40. The zero-order valence-electron chi connectivity index (χ0n) is 12.7. The molecule has 0 saturated carbocycles. The van der Waals surface area contributed by atoms with Crippen LogP contribution in [0.15, 0.2) is 42.7 Å². The first-order chi connectivity index (χ1) is 9.68. The Kier molecular flexibility index (Phi) is 5.36. The molecule has 0 spiro atoms. The lowest BCUT2D eigenvalue weighted by Crippen LogP contribution is -2.27. The minimum Gasteiger partial charge on any atom is -0.338 e. The Labute approximate surface area is 122 Å². The van der Waals surface area contributed by atoms with E-state index in [9.17, 15) is 0 Å². The maximum absolute atomic E-state index is 4.35. The van der Waals surface area contributed by atoms with Gasteiger partial charge in [0.1, 0.15) is 5.82 Å². The van der Waals surface area contributed by atoms with Gasteiger partial charge >= 0.3 is 0 Å². The van der Waals surface area contributed by atoms with Gasteiger partial charge < -0.3 is 9.88 Å². The lowest BCUT2D eigenvalue weighted by molar-refractivity contribution is 0.461. The summed E-state index contributed by atoms with van der Waals surface area (Å²) in [5.74, 6) is 2.34. The van der Waals surface area contributed by atoms with Crippen molar-refractivity contribution in [2.24, 2.45) is 13.0 Å². The fourth-order valence-electron chi connectivity index (χ4n) is 2.53. The molecule has 0 radical (unpaired) electrons. The summed E-state index contributed by atoms with van der Waals surface area (Å²) in [6.07, 6.45) is 4.83. The molecule has 108 valence electrons. The van der Waals surface area contributed by atoms with E-state index >= 15 is 0 Å². The summed E-state index contributed by atoms with van der Waals surface area (Å²) in [6.45, 7) is 6.57. The highest BCUT2D eigenvalue weighted by Crippen LogP contribution is 2.23. The smallest absolute Gasteiger partial charge is 0.109 e. The van der Waals surface area contributed by atoms with Crippen LogP contribution in [0.1, 0.15) is 31.2 Å². The zero-order chi connectivity index (χ0) is 14.4. The molecule has 0 aliphatic carbocycles. The molecule has 1 unspecified atom stereocenters. The second-order valence-electron chi connectivity index (χ2n) is 5.67. The van der Waals surface area contributed by atoms with Crippen molar-refractivity contribution in [1.82, 2.24) is 14.9 Å². The van der Waals surface area contributed by atoms with Crippen molar-refractivity contribution in [3.8, 4) is 0 Å². The molecule has 20 heavy (non-hydrogen) atoms. The maximum Gasteiger partial charge on any atom is 0.109 e. The Morgan fingerprint density at radius 3 is 2.55 bits per heavy atom. The number of rotatable bonds is 7. The second-order valence-corrected chi connectivity index (χ2v) is 5.67. The van der Waals surface area contributed by atoms with Crippen LogP contribution in [0, 0.1) is 5.92 Å². The molecule has 0 bridgehead atoms. The number of benzene rings is 1. The van der Waals surface area contributed by atoms with E-state index in [0.717, 1.165) is 25.3 Å². The van der Waals surface area contributed by atoms with Crippen LogP contribution >= 0.6 is 0 Å². The monoisotopic (exact) mass is 271 g/mol. The van der Waals surface area contributed by atoms with Crippen molar-refractivity contribution < 1.29 is 0 Å². The molecule has 0 fully saturated rings. The van der Waals surface area contributed by atoms with E-state index in [-0.39, 0.29) is 0 Å². The molecule has 0 saturated heterocycles. The Balaban J connectivity index is 1.83. The van der Waals surface area contributed by atoms with Gasteiger partial charge in [0, 0.05) is 39.0 Å². The van der Waals surface area contributed by atoms with Crippen LogP contribution in [0.3, 0.4) is 0 Å². The number of imidazole rings is 1. The number of nitrogens with zero attached hydrogens (tertiary/aromatic N) is 2. The van der Waals surface area contributed by atoms with E-state index in [0.29, 0.717) is 11.8 Å². The molecule has 2 aromatic rings. The normalized spacial score (nSPS) is 12.8. The van der Waals surface area contributed by atoms with E-state index in [4.69, 9.17) is 0 Å². The largest absolute Gasteiger partial charge is 0.338 e. The van der Waals surface area contributed by atoms with E-state index < -0.39 is 0 Å². The van der Waals surface area contributed by atoms with Crippen molar-refractivity contribution >= 4 is 0 Å². The van der Waals surface area contributed by atoms with Gasteiger partial charge in [0.05, 0.1) is 0 Å². The van der Waals surface area contributed by atoms with Crippen LogP contribution in [-0.4, -0.2) is 22.6 Å². The van der Waals surface area contributed by atoms with Gasteiger partial charge in [-0.3, -0.25) is 0 Å². The number of nitrogens with one attached hydrogen (secondary N) is 1. The minimum absolute atomic E-state index is 0.567. The summed E-state index contributed by atoms with van der Waals surface area (Å²) in [5, 5.41) is 3.58. The van der Waals surface area contributed by atoms with Crippen LogP contribution in [0.2, 0.25) is 0 Å². The van der Waals surface area contributed by atoms with Gasteiger partial charge in [-0.1, -0.05) is 44.2 Å². The molecule has 1 atom stereocenters. The number of hydrogen-bond acceptors (Lipinski definition) is 2. The van der Waals surface area contributed by atoms with Gasteiger partial charge in [0.2, 0.25) is 0 Å². The number of hydrogen-bond donors (Lipinski definition) is 1. The fraction of sp³-hybridized carbons (Fsp3) is 0.471. The van der Waals surface area contributed by atoms with E-state index in [1.807, 2.05) is 19.4 Å². The summed E-state index contributed by atoms with van der Waals surface area (Å²) in [5.41, 5.74) is 1.42. The summed E-state index contributed by atoms with van der Waals surface area (Å²) in [6, 6.07) is 10.8. The van der Waals surface area contributed by atoms with Gasteiger partial charge in [0.15, 0.2) is 0 Å². The van der Waals surface area contributed by atoms with Gasteiger partial charge in [-0.2, -0.15) is 0 Å². The predicted octanol–water partition coefficient (Wildman–Crippen LogP) is 2.99. The summed E-state index contributed by atoms with van der Waals surface area (Å²) in [4.78, 5) is 4.35. The highest BCUT2D eigenvalue weighted by molar-refractivity contribution is 5.20. The number of aryl methyl sites for hydroxylation is 1. The van der Waals surface area contributed by atoms with Gasteiger partial charge in [-0.05, 0) is 17.4 Å². The molecule has 1 aromatic carbocycles. The minimum atomic E-state index is 0.567. The summed E-state index contributed by atoms with van der Waals surface area (Å²) in [7, 11) is 2.04. The van der Waals surface area contributed by atoms with Gasteiger partial charge in [-0.25, -0.2) is 4.98 Å². The Bertz CT molecular complexity index is 502. The third-order valence-electron chi connectivity index (χ3n) is 3.84. The topological polar surface area (TPSA) is 29.9 Å². The number of aromatic nitrogens is 2. The average molecular weight is 271 g/mol. The van der Waals surface area contributed by atoms with Crippen LogP contribution in [0.5, 0.6) is 0 Å². The highest BCUT2D eigenvalue weighted by Gasteiger charge is 2.14. The van der Waals surface area contributed by atoms with Gasteiger partial charge in [0.25, 0.3) is 0 Å². The molecular formula is C17H25N3.